The van der Waals surface area contributed by atoms with E-state index in [9.17, 15) is 18.0 Å². The second-order valence-corrected chi connectivity index (χ2v) is 6.04. The Bertz CT molecular complexity index is 736. The Balaban J connectivity index is 1.96. The first-order chi connectivity index (χ1) is 10.8. The molecule has 2 aliphatic heterocycles. The summed E-state index contributed by atoms with van der Waals surface area (Å²) in [7, 11) is 1.60. The van der Waals surface area contributed by atoms with E-state index in [0.29, 0.717) is 0 Å². The normalized spacial score (nSPS) is 20.9. The van der Waals surface area contributed by atoms with Gasteiger partial charge in [0.15, 0.2) is 17.7 Å². The summed E-state index contributed by atoms with van der Waals surface area (Å²) in [5.41, 5.74) is -1.01. The van der Waals surface area contributed by atoms with Crippen molar-refractivity contribution >= 4 is 35.2 Å². The van der Waals surface area contributed by atoms with E-state index in [1.54, 1.807) is 7.05 Å². The highest BCUT2D eigenvalue weighted by molar-refractivity contribution is 8.03. The van der Waals surface area contributed by atoms with Crippen LogP contribution in [0.3, 0.4) is 0 Å². The SMILES string of the molecule is CN1C(Cl)=C(Sc2cccnc2C(F)(F)F)N=C2NC(=O)NC21. The Morgan fingerprint density at radius 1 is 1.43 bits per heavy atom. The van der Waals surface area contributed by atoms with Crippen LogP contribution in [0.5, 0.6) is 0 Å². The van der Waals surface area contributed by atoms with Crippen molar-refractivity contribution in [2.75, 3.05) is 7.05 Å². The van der Waals surface area contributed by atoms with Gasteiger partial charge in [-0.2, -0.15) is 13.2 Å². The lowest BCUT2D eigenvalue weighted by Gasteiger charge is -2.29. The summed E-state index contributed by atoms with van der Waals surface area (Å²) < 4.78 is 39.0. The Hall–Kier alpha value is -1.94. The molecule has 1 aromatic heterocycles. The summed E-state index contributed by atoms with van der Waals surface area (Å²) in [5.74, 6) is 0.279. The zero-order valence-electron chi connectivity index (χ0n) is 11.5. The molecule has 0 aromatic carbocycles. The quantitative estimate of drug-likeness (QED) is 0.792. The number of aliphatic imine (C=N–C) groups is 1. The van der Waals surface area contributed by atoms with Crippen LogP contribution in [0.1, 0.15) is 5.69 Å². The predicted molar refractivity (Wildman–Crippen MR) is 78.6 cm³/mol. The molecule has 1 saturated heterocycles. The lowest BCUT2D eigenvalue weighted by Crippen LogP contribution is -2.45. The van der Waals surface area contributed by atoms with E-state index in [2.05, 4.69) is 20.6 Å². The number of rotatable bonds is 2. The summed E-state index contributed by atoms with van der Waals surface area (Å²) >= 11 is 6.90. The lowest BCUT2D eigenvalue weighted by atomic mass is 10.3. The van der Waals surface area contributed by atoms with E-state index in [1.165, 1.54) is 17.0 Å². The van der Waals surface area contributed by atoms with Crippen LogP contribution in [-0.2, 0) is 6.18 Å². The largest absolute Gasteiger partial charge is 0.434 e. The fraction of sp³-hybridized carbons (Fsp3) is 0.250. The molecule has 1 atom stereocenters. The fourth-order valence-electron chi connectivity index (χ4n) is 2.06. The average Bonchev–Trinajstić information content (AvgIpc) is 2.85. The van der Waals surface area contributed by atoms with Gasteiger partial charge in [-0.3, -0.25) is 10.3 Å². The number of carbonyl (C=O) groups excluding carboxylic acids is 1. The zero-order valence-corrected chi connectivity index (χ0v) is 13.1. The number of fused-ring (bicyclic) bond motifs is 1. The molecule has 23 heavy (non-hydrogen) atoms. The summed E-state index contributed by atoms with van der Waals surface area (Å²) in [6.07, 6.45) is -4.08. The predicted octanol–water partition coefficient (Wildman–Crippen LogP) is 2.54. The minimum Gasteiger partial charge on any atom is -0.336 e. The van der Waals surface area contributed by atoms with Crippen LogP contribution in [0.15, 0.2) is 38.4 Å². The van der Waals surface area contributed by atoms with Crippen LogP contribution in [0.25, 0.3) is 0 Å². The first-order valence-corrected chi connectivity index (χ1v) is 7.45. The number of carbonyl (C=O) groups is 1. The summed E-state index contributed by atoms with van der Waals surface area (Å²) in [6, 6.07) is 2.23. The third-order valence-electron chi connectivity index (χ3n) is 3.11. The van der Waals surface area contributed by atoms with Gasteiger partial charge in [-0.25, -0.2) is 9.79 Å². The van der Waals surface area contributed by atoms with Crippen LogP contribution in [0.4, 0.5) is 18.0 Å². The van der Waals surface area contributed by atoms with E-state index >= 15 is 0 Å². The van der Waals surface area contributed by atoms with Gasteiger partial charge in [0, 0.05) is 18.1 Å². The molecule has 6 nitrogen and oxygen atoms in total. The molecule has 122 valence electrons. The van der Waals surface area contributed by atoms with Crippen molar-refractivity contribution in [3.05, 3.63) is 34.2 Å². The third kappa shape index (κ3) is 2.95. The molecule has 0 spiro atoms. The molecule has 3 rings (SSSR count). The number of alkyl halides is 3. The number of urea groups is 1. The van der Waals surface area contributed by atoms with Crippen LogP contribution < -0.4 is 10.6 Å². The standard InChI is InChI=1S/C12H9ClF3N5OS/c1-21-7(13)10(18-8-9(21)20-11(22)19-8)23-5-3-2-4-17-6(5)12(14,15)16/h2-4,9H,1H3,(H2,18,19,20,22). The Morgan fingerprint density at radius 3 is 2.87 bits per heavy atom. The minimum atomic E-state index is -4.59. The summed E-state index contributed by atoms with van der Waals surface area (Å²) in [5, 5.41) is 5.33. The molecule has 0 saturated carbocycles. The van der Waals surface area contributed by atoms with Gasteiger partial charge in [0.05, 0.1) is 0 Å². The monoisotopic (exact) mass is 363 g/mol. The van der Waals surface area contributed by atoms with E-state index in [4.69, 9.17) is 11.6 Å². The van der Waals surface area contributed by atoms with Crippen molar-refractivity contribution in [3.63, 3.8) is 0 Å². The van der Waals surface area contributed by atoms with Crippen molar-refractivity contribution in [1.82, 2.24) is 20.5 Å². The van der Waals surface area contributed by atoms with Crippen molar-refractivity contribution in [2.45, 2.75) is 17.2 Å². The minimum absolute atomic E-state index is 0.123. The highest BCUT2D eigenvalue weighted by atomic mass is 35.5. The summed E-state index contributed by atoms with van der Waals surface area (Å²) in [4.78, 5) is 20.3. The smallest absolute Gasteiger partial charge is 0.336 e. The van der Waals surface area contributed by atoms with Gasteiger partial charge in [0.2, 0.25) is 0 Å². The van der Waals surface area contributed by atoms with Gasteiger partial charge in [0.25, 0.3) is 0 Å². The van der Waals surface area contributed by atoms with Crippen LogP contribution in [0, 0.1) is 0 Å². The highest BCUT2D eigenvalue weighted by Crippen LogP contribution is 2.41. The van der Waals surface area contributed by atoms with Gasteiger partial charge in [-0.15, -0.1) is 0 Å². The lowest BCUT2D eigenvalue weighted by molar-refractivity contribution is -0.143. The second-order valence-electron chi connectivity index (χ2n) is 4.65. The van der Waals surface area contributed by atoms with E-state index < -0.39 is 24.1 Å². The number of hydrogen-bond acceptors (Lipinski definition) is 5. The number of hydrogen-bond donors (Lipinski definition) is 2. The Morgan fingerprint density at radius 2 is 2.17 bits per heavy atom. The maximum atomic E-state index is 13.0. The maximum Gasteiger partial charge on any atom is 0.434 e. The van der Waals surface area contributed by atoms with Crippen molar-refractivity contribution in [3.8, 4) is 0 Å². The second kappa shape index (κ2) is 5.60. The number of halogens is 4. The van der Waals surface area contributed by atoms with Gasteiger partial charge >= 0.3 is 12.2 Å². The number of aromatic nitrogens is 1. The van der Waals surface area contributed by atoms with Crippen molar-refractivity contribution in [1.29, 1.82) is 0 Å². The topological polar surface area (TPSA) is 69.6 Å². The van der Waals surface area contributed by atoms with Crippen LogP contribution in [0.2, 0.25) is 0 Å². The van der Waals surface area contributed by atoms with E-state index in [1.807, 2.05) is 0 Å². The molecular formula is C12H9ClF3N5OS. The van der Waals surface area contributed by atoms with Gasteiger partial charge in [-0.05, 0) is 12.1 Å². The summed E-state index contributed by atoms with van der Waals surface area (Å²) in [6.45, 7) is 0. The molecule has 3 heterocycles. The Labute approximate surface area is 137 Å². The molecular weight excluding hydrogens is 355 g/mol. The molecule has 11 heteroatoms. The number of pyridine rings is 1. The molecule has 0 radical (unpaired) electrons. The zero-order chi connectivity index (χ0) is 16.8. The van der Waals surface area contributed by atoms with E-state index in [0.717, 1.165) is 18.0 Å². The molecule has 1 aromatic rings. The van der Waals surface area contributed by atoms with Gasteiger partial charge < -0.3 is 10.2 Å². The van der Waals surface area contributed by atoms with Gasteiger partial charge in [0.1, 0.15) is 10.2 Å². The van der Waals surface area contributed by atoms with Crippen LogP contribution >= 0.6 is 23.4 Å². The number of likely N-dealkylation sites (N-methyl/N-ethyl adjacent to an activating group) is 1. The third-order valence-corrected chi connectivity index (χ3v) is 4.69. The highest BCUT2D eigenvalue weighted by Gasteiger charge is 2.38. The van der Waals surface area contributed by atoms with E-state index in [-0.39, 0.29) is 20.9 Å². The van der Waals surface area contributed by atoms with Crippen molar-refractivity contribution < 1.29 is 18.0 Å². The number of amides is 2. The van der Waals surface area contributed by atoms with Crippen LogP contribution in [-0.4, -0.2) is 35.0 Å². The number of nitrogens with zero attached hydrogens (tertiary/aromatic N) is 3. The number of amidine groups is 1. The molecule has 1 unspecified atom stereocenters. The maximum absolute atomic E-state index is 13.0. The average molecular weight is 364 g/mol. The van der Waals surface area contributed by atoms with Crippen molar-refractivity contribution in [2.24, 2.45) is 4.99 Å². The molecule has 1 fully saturated rings. The van der Waals surface area contributed by atoms with Gasteiger partial charge in [-0.1, -0.05) is 23.4 Å². The number of nitrogens with one attached hydrogen (secondary N) is 2. The molecule has 2 amide bonds. The Kier molecular flexibility index (Phi) is 3.88. The molecule has 0 bridgehead atoms. The molecule has 0 aliphatic carbocycles. The first-order valence-electron chi connectivity index (χ1n) is 6.26. The molecule has 2 N–H and O–H groups in total. The number of thioether (sulfide) groups is 1. The first kappa shape index (κ1) is 15.9. The molecule has 2 aliphatic rings. The fourth-order valence-corrected chi connectivity index (χ4v) is 3.31.